The number of nitrogens with zero attached hydrogens (tertiary/aromatic N) is 3. The number of hydrogen-bond donors (Lipinski definition) is 1. The minimum Gasteiger partial charge on any atom is -0.351 e. The highest BCUT2D eigenvalue weighted by atomic mass is 32.1. The summed E-state index contributed by atoms with van der Waals surface area (Å²) in [6, 6.07) is 0. The predicted molar refractivity (Wildman–Crippen MR) is 123 cm³/mol. The van der Waals surface area contributed by atoms with Crippen LogP contribution in [0.15, 0.2) is 11.1 Å². The number of rotatable bonds is 9. The molecule has 9 nitrogen and oxygen atoms in total. The maximum atomic E-state index is 13.1. The molecule has 10 heteroatoms. The number of likely N-dealkylation sites (tertiary alicyclic amines) is 1. The summed E-state index contributed by atoms with van der Waals surface area (Å²) in [4.78, 5) is 45.6. The molecular formula is C22H32N4O5S. The van der Waals surface area contributed by atoms with Crippen LogP contribution in [0, 0.1) is 12.8 Å². The lowest BCUT2D eigenvalue weighted by molar-refractivity contribution is -0.133. The standard InChI is InChI=1S/C22H32N4O5S/c1-5-30-17(31-6-2)11-23-20(28)19-15(4)18-21(32-19)24-13-26(22(18)29)12-16(27)25-9-7-14(3)8-10-25/h13-14,17H,5-12H2,1-4H3,(H,23,28). The summed E-state index contributed by atoms with van der Waals surface area (Å²) in [5.41, 5.74) is 0.265. The van der Waals surface area contributed by atoms with E-state index in [1.807, 2.05) is 18.7 Å². The van der Waals surface area contributed by atoms with Gasteiger partial charge in [-0.1, -0.05) is 6.92 Å². The summed E-state index contributed by atoms with van der Waals surface area (Å²) >= 11 is 1.17. The van der Waals surface area contributed by atoms with Crippen molar-refractivity contribution >= 4 is 33.4 Å². The first kappa shape index (κ1) is 24.3. The molecule has 2 aromatic rings. The van der Waals surface area contributed by atoms with Gasteiger partial charge in [-0.2, -0.15) is 0 Å². The van der Waals surface area contributed by atoms with Gasteiger partial charge in [-0.05, 0) is 45.1 Å². The van der Waals surface area contributed by atoms with E-state index < -0.39 is 6.29 Å². The largest absolute Gasteiger partial charge is 0.351 e. The summed E-state index contributed by atoms with van der Waals surface area (Å²) in [6.45, 7) is 10.2. The second kappa shape index (κ2) is 11.0. The monoisotopic (exact) mass is 464 g/mol. The molecule has 2 aromatic heterocycles. The van der Waals surface area contributed by atoms with Crippen molar-refractivity contribution in [2.45, 2.75) is 53.4 Å². The molecule has 1 saturated heterocycles. The summed E-state index contributed by atoms with van der Waals surface area (Å²) < 4.78 is 12.2. The van der Waals surface area contributed by atoms with Crippen LogP contribution in [-0.4, -0.2) is 65.4 Å². The van der Waals surface area contributed by atoms with E-state index in [0.717, 1.165) is 25.9 Å². The molecular weight excluding hydrogens is 432 g/mol. The van der Waals surface area contributed by atoms with E-state index in [9.17, 15) is 14.4 Å². The first-order chi connectivity index (χ1) is 15.3. The van der Waals surface area contributed by atoms with Crippen LogP contribution in [0.4, 0.5) is 0 Å². The topological polar surface area (TPSA) is 103 Å². The number of thiophene rings is 1. The quantitative estimate of drug-likeness (QED) is 0.571. The van der Waals surface area contributed by atoms with E-state index in [-0.39, 0.29) is 30.5 Å². The lowest BCUT2D eigenvalue weighted by Crippen LogP contribution is -2.41. The van der Waals surface area contributed by atoms with Crippen LogP contribution in [0.25, 0.3) is 10.2 Å². The molecule has 1 aliphatic rings. The van der Waals surface area contributed by atoms with Crippen molar-refractivity contribution in [2.24, 2.45) is 5.92 Å². The normalized spacial score (nSPS) is 15.0. The van der Waals surface area contributed by atoms with Gasteiger partial charge < -0.3 is 19.7 Å². The maximum Gasteiger partial charge on any atom is 0.262 e. The van der Waals surface area contributed by atoms with Crippen molar-refractivity contribution in [2.75, 3.05) is 32.8 Å². The number of fused-ring (bicyclic) bond motifs is 1. The van der Waals surface area contributed by atoms with Crippen molar-refractivity contribution in [3.05, 3.63) is 27.1 Å². The number of aromatic nitrogens is 2. The number of carbonyl (C=O) groups excluding carboxylic acids is 2. The molecule has 176 valence electrons. The van der Waals surface area contributed by atoms with Gasteiger partial charge in [-0.25, -0.2) is 4.98 Å². The van der Waals surface area contributed by atoms with Gasteiger partial charge in [0.05, 0.1) is 23.1 Å². The minimum absolute atomic E-state index is 0.0443. The summed E-state index contributed by atoms with van der Waals surface area (Å²) in [5, 5.41) is 3.19. The van der Waals surface area contributed by atoms with E-state index in [4.69, 9.17) is 9.47 Å². The molecule has 1 fully saturated rings. The molecule has 32 heavy (non-hydrogen) atoms. The van der Waals surface area contributed by atoms with Crippen LogP contribution in [-0.2, 0) is 20.8 Å². The molecule has 0 aliphatic carbocycles. The van der Waals surface area contributed by atoms with Crippen molar-refractivity contribution in [3.8, 4) is 0 Å². The van der Waals surface area contributed by atoms with Gasteiger partial charge in [0.25, 0.3) is 11.5 Å². The zero-order valence-electron chi connectivity index (χ0n) is 19.2. The van der Waals surface area contributed by atoms with Gasteiger partial charge in [0, 0.05) is 26.3 Å². The first-order valence-corrected chi connectivity index (χ1v) is 11.9. The lowest BCUT2D eigenvalue weighted by Gasteiger charge is -2.30. The van der Waals surface area contributed by atoms with Crippen molar-refractivity contribution in [1.29, 1.82) is 0 Å². The number of hydrogen-bond acceptors (Lipinski definition) is 7. The number of carbonyl (C=O) groups is 2. The second-order valence-electron chi connectivity index (χ2n) is 8.03. The van der Waals surface area contributed by atoms with Crippen LogP contribution >= 0.6 is 11.3 Å². The summed E-state index contributed by atoms with van der Waals surface area (Å²) in [6.07, 6.45) is 2.83. The van der Waals surface area contributed by atoms with E-state index in [1.54, 1.807) is 6.92 Å². The lowest BCUT2D eigenvalue weighted by atomic mass is 9.99. The number of amides is 2. The maximum absolute atomic E-state index is 13.1. The van der Waals surface area contributed by atoms with Gasteiger partial charge >= 0.3 is 0 Å². The van der Waals surface area contributed by atoms with E-state index >= 15 is 0 Å². The zero-order chi connectivity index (χ0) is 23.3. The fraction of sp³-hybridized carbons (Fsp3) is 0.636. The Hall–Kier alpha value is -2.30. The Morgan fingerprint density at radius 1 is 1.25 bits per heavy atom. The van der Waals surface area contributed by atoms with Crippen LogP contribution < -0.4 is 10.9 Å². The molecule has 0 unspecified atom stereocenters. The van der Waals surface area contributed by atoms with Crippen LogP contribution in [0.5, 0.6) is 0 Å². The van der Waals surface area contributed by atoms with E-state index in [1.165, 1.54) is 22.2 Å². The zero-order valence-corrected chi connectivity index (χ0v) is 20.0. The van der Waals surface area contributed by atoms with Gasteiger partial charge in [0.1, 0.15) is 11.4 Å². The minimum atomic E-state index is -0.525. The average molecular weight is 465 g/mol. The average Bonchev–Trinajstić information content (AvgIpc) is 3.11. The highest BCUT2D eigenvalue weighted by Crippen LogP contribution is 2.26. The summed E-state index contributed by atoms with van der Waals surface area (Å²) in [5.74, 6) is 0.235. The summed E-state index contributed by atoms with van der Waals surface area (Å²) in [7, 11) is 0. The van der Waals surface area contributed by atoms with Crippen LogP contribution in [0.3, 0.4) is 0 Å². The molecule has 0 aromatic carbocycles. The van der Waals surface area contributed by atoms with Gasteiger partial charge in [-0.3, -0.25) is 19.0 Å². The second-order valence-corrected chi connectivity index (χ2v) is 9.03. The Labute approximate surface area is 191 Å². The van der Waals surface area contributed by atoms with Crippen molar-refractivity contribution in [1.82, 2.24) is 19.8 Å². The molecule has 0 spiro atoms. The van der Waals surface area contributed by atoms with Crippen molar-refractivity contribution < 1.29 is 19.1 Å². The predicted octanol–water partition coefficient (Wildman–Crippen LogP) is 2.15. The molecule has 0 bridgehead atoms. The number of piperidine rings is 1. The SMILES string of the molecule is CCOC(CNC(=O)c1sc2ncn(CC(=O)N3CCC(C)CC3)c(=O)c2c1C)OCC. The third-order valence-corrected chi connectivity index (χ3v) is 6.90. The Kier molecular flexibility index (Phi) is 8.38. The Balaban J connectivity index is 1.75. The molecule has 0 saturated carbocycles. The highest BCUT2D eigenvalue weighted by Gasteiger charge is 2.23. The highest BCUT2D eigenvalue weighted by molar-refractivity contribution is 7.20. The third kappa shape index (κ3) is 5.54. The van der Waals surface area contributed by atoms with Gasteiger partial charge in [-0.15, -0.1) is 11.3 Å². The van der Waals surface area contributed by atoms with E-state index in [2.05, 4.69) is 17.2 Å². The van der Waals surface area contributed by atoms with Gasteiger partial charge in [0.15, 0.2) is 6.29 Å². The fourth-order valence-electron chi connectivity index (χ4n) is 3.79. The number of aryl methyl sites for hydroxylation is 1. The Bertz CT molecular complexity index is 1000. The molecule has 3 heterocycles. The van der Waals surface area contributed by atoms with Crippen molar-refractivity contribution in [3.63, 3.8) is 0 Å². The van der Waals surface area contributed by atoms with E-state index in [0.29, 0.717) is 39.8 Å². The number of ether oxygens (including phenoxy) is 2. The molecule has 0 atom stereocenters. The Morgan fingerprint density at radius 2 is 1.91 bits per heavy atom. The molecule has 3 rings (SSSR count). The van der Waals surface area contributed by atoms with Gasteiger partial charge in [0.2, 0.25) is 5.91 Å². The molecule has 1 N–H and O–H groups in total. The third-order valence-electron chi connectivity index (χ3n) is 5.70. The molecule has 2 amide bonds. The molecule has 0 radical (unpaired) electrons. The number of nitrogens with one attached hydrogen (secondary N) is 1. The Morgan fingerprint density at radius 3 is 2.53 bits per heavy atom. The first-order valence-electron chi connectivity index (χ1n) is 11.1. The smallest absolute Gasteiger partial charge is 0.262 e. The molecule has 1 aliphatic heterocycles. The van der Waals surface area contributed by atoms with Crippen LogP contribution in [0.1, 0.15) is 48.8 Å². The fourth-order valence-corrected chi connectivity index (χ4v) is 4.84. The van der Waals surface area contributed by atoms with Crippen LogP contribution in [0.2, 0.25) is 0 Å².